The second-order valence-electron chi connectivity index (χ2n) is 7.32. The fourth-order valence-corrected chi connectivity index (χ4v) is 4.39. The van der Waals surface area contributed by atoms with Gasteiger partial charge in [-0.05, 0) is 48.8 Å². The molecule has 2 amide bonds. The van der Waals surface area contributed by atoms with Crippen LogP contribution >= 0.6 is 0 Å². The molecule has 4 nitrogen and oxygen atoms in total. The highest BCUT2D eigenvalue weighted by Crippen LogP contribution is 2.41. The summed E-state index contributed by atoms with van der Waals surface area (Å²) in [6.07, 6.45) is 6.98. The molecule has 0 unspecified atom stereocenters. The molecule has 0 bridgehead atoms. The second kappa shape index (κ2) is 6.91. The molecule has 1 heterocycles. The highest BCUT2D eigenvalue weighted by molar-refractivity contribution is 5.74. The van der Waals surface area contributed by atoms with Gasteiger partial charge in [0, 0.05) is 26.7 Å². The fourth-order valence-electron chi connectivity index (χ4n) is 4.39. The molecule has 0 atom stereocenters. The molecule has 4 heteroatoms. The van der Waals surface area contributed by atoms with Gasteiger partial charge in [-0.15, -0.1) is 0 Å². The van der Waals surface area contributed by atoms with E-state index in [1.54, 1.807) is 0 Å². The van der Waals surface area contributed by atoms with E-state index in [0.717, 1.165) is 39.0 Å². The summed E-state index contributed by atoms with van der Waals surface area (Å²) in [6, 6.07) is 8.63. The monoisotopic (exact) mass is 315 g/mol. The Morgan fingerprint density at radius 1 is 1.26 bits per heavy atom. The minimum atomic E-state index is 0.169. The minimum Gasteiger partial charge on any atom is -0.330 e. The van der Waals surface area contributed by atoms with Crippen LogP contribution in [0.25, 0.3) is 0 Å². The van der Waals surface area contributed by atoms with Crippen molar-refractivity contribution in [3.63, 3.8) is 0 Å². The van der Waals surface area contributed by atoms with E-state index >= 15 is 0 Å². The molecule has 2 aliphatic rings. The first-order chi connectivity index (χ1) is 11.1. The predicted octanol–water partition coefficient (Wildman–Crippen LogP) is 3.01. The van der Waals surface area contributed by atoms with Gasteiger partial charge in [-0.2, -0.15) is 0 Å². The number of fused-ring (bicyclic) bond motifs is 1. The predicted molar refractivity (Wildman–Crippen MR) is 93.2 cm³/mol. The van der Waals surface area contributed by atoms with Crippen LogP contribution in [0.3, 0.4) is 0 Å². The molecule has 2 N–H and O–H groups in total. The Balaban J connectivity index is 1.64. The second-order valence-corrected chi connectivity index (χ2v) is 7.32. The van der Waals surface area contributed by atoms with Gasteiger partial charge in [-0.25, -0.2) is 4.79 Å². The first-order valence-corrected chi connectivity index (χ1v) is 8.90. The fraction of sp³-hybridized carbons (Fsp3) is 0.632. The summed E-state index contributed by atoms with van der Waals surface area (Å²) in [5, 5.41) is 0. The number of carbonyl (C=O) groups is 1. The van der Waals surface area contributed by atoms with Crippen LogP contribution < -0.4 is 5.73 Å². The van der Waals surface area contributed by atoms with Gasteiger partial charge < -0.3 is 15.5 Å². The van der Waals surface area contributed by atoms with Crippen molar-refractivity contribution in [2.75, 3.05) is 26.7 Å². The molecule has 23 heavy (non-hydrogen) atoms. The number of nitrogens with zero attached hydrogens (tertiary/aromatic N) is 2. The van der Waals surface area contributed by atoms with Crippen molar-refractivity contribution in [3.05, 3.63) is 35.4 Å². The molecule has 3 rings (SSSR count). The zero-order chi connectivity index (χ0) is 16.3. The third kappa shape index (κ3) is 3.52. The van der Waals surface area contributed by atoms with E-state index < -0.39 is 0 Å². The van der Waals surface area contributed by atoms with Crippen molar-refractivity contribution in [2.45, 2.75) is 45.1 Å². The van der Waals surface area contributed by atoms with Crippen molar-refractivity contribution in [3.8, 4) is 0 Å². The van der Waals surface area contributed by atoms with Gasteiger partial charge in [-0.3, -0.25) is 0 Å². The molecule has 0 aromatic heterocycles. The number of benzene rings is 1. The number of rotatable bonds is 4. The molecule has 0 spiro atoms. The first kappa shape index (κ1) is 16.3. The summed E-state index contributed by atoms with van der Waals surface area (Å²) in [5.74, 6) is 0. The van der Waals surface area contributed by atoms with Crippen LogP contribution in [-0.4, -0.2) is 42.5 Å². The lowest BCUT2D eigenvalue weighted by atomic mass is 9.82. The van der Waals surface area contributed by atoms with Gasteiger partial charge in [0.05, 0.1) is 0 Å². The van der Waals surface area contributed by atoms with Crippen LogP contribution in [0.5, 0.6) is 0 Å². The third-order valence-electron chi connectivity index (χ3n) is 5.64. The molecule has 1 fully saturated rings. The van der Waals surface area contributed by atoms with Crippen LogP contribution in [0, 0.1) is 5.41 Å². The number of urea groups is 1. The summed E-state index contributed by atoms with van der Waals surface area (Å²) in [5.41, 5.74) is 8.76. The Hall–Kier alpha value is -1.55. The highest BCUT2D eigenvalue weighted by atomic mass is 16.2. The highest BCUT2D eigenvalue weighted by Gasteiger charge is 2.36. The SMILES string of the molecule is CN(CC1(CCN)CCCC1)C(=O)N1CCc2ccccc2C1. The van der Waals surface area contributed by atoms with E-state index in [1.807, 2.05) is 16.8 Å². The number of carbonyl (C=O) groups excluding carboxylic acids is 1. The van der Waals surface area contributed by atoms with E-state index in [0.29, 0.717) is 0 Å². The molecule has 0 saturated heterocycles. The van der Waals surface area contributed by atoms with Crippen LogP contribution in [0.2, 0.25) is 0 Å². The quantitative estimate of drug-likeness (QED) is 0.928. The molecule has 1 aromatic carbocycles. The van der Waals surface area contributed by atoms with E-state index in [1.165, 1.54) is 36.8 Å². The maximum Gasteiger partial charge on any atom is 0.320 e. The Morgan fingerprint density at radius 3 is 2.65 bits per heavy atom. The molecule has 1 aliphatic carbocycles. The maximum atomic E-state index is 12.9. The van der Waals surface area contributed by atoms with E-state index in [-0.39, 0.29) is 11.4 Å². The lowest BCUT2D eigenvalue weighted by molar-refractivity contribution is 0.127. The van der Waals surface area contributed by atoms with Crippen molar-refractivity contribution in [1.29, 1.82) is 0 Å². The molecule has 1 aliphatic heterocycles. The zero-order valence-corrected chi connectivity index (χ0v) is 14.3. The van der Waals surface area contributed by atoms with E-state index in [2.05, 4.69) is 24.3 Å². The first-order valence-electron chi connectivity index (χ1n) is 8.90. The summed E-state index contributed by atoms with van der Waals surface area (Å²) >= 11 is 0. The van der Waals surface area contributed by atoms with E-state index in [9.17, 15) is 4.79 Å². The normalized spacial score (nSPS) is 19.5. The Bertz CT molecular complexity index is 551. The molecule has 126 valence electrons. The smallest absolute Gasteiger partial charge is 0.320 e. The molecule has 1 saturated carbocycles. The average molecular weight is 315 g/mol. The minimum absolute atomic E-state index is 0.169. The van der Waals surface area contributed by atoms with Crippen LogP contribution in [0.1, 0.15) is 43.2 Å². The Kier molecular flexibility index (Phi) is 4.90. The molecular formula is C19H29N3O. The number of hydrogen-bond donors (Lipinski definition) is 1. The number of nitrogens with two attached hydrogens (primary N) is 1. The number of hydrogen-bond acceptors (Lipinski definition) is 2. The van der Waals surface area contributed by atoms with Gasteiger partial charge in [0.15, 0.2) is 0 Å². The molecular weight excluding hydrogens is 286 g/mol. The van der Waals surface area contributed by atoms with Crippen molar-refractivity contribution in [2.24, 2.45) is 11.1 Å². The van der Waals surface area contributed by atoms with Crippen LogP contribution in [-0.2, 0) is 13.0 Å². The maximum absolute atomic E-state index is 12.9. The topological polar surface area (TPSA) is 49.6 Å². The largest absolute Gasteiger partial charge is 0.330 e. The van der Waals surface area contributed by atoms with Crippen molar-refractivity contribution in [1.82, 2.24) is 9.80 Å². The number of amides is 2. The standard InChI is InChI=1S/C19H29N3O/c1-21(15-19(11-12-20)9-4-5-10-19)18(23)22-13-8-16-6-2-3-7-17(16)14-22/h2-3,6-7H,4-5,8-15,20H2,1H3. The van der Waals surface area contributed by atoms with Gasteiger partial charge in [0.1, 0.15) is 0 Å². The lowest BCUT2D eigenvalue weighted by Gasteiger charge is -2.37. The lowest BCUT2D eigenvalue weighted by Crippen LogP contribution is -2.47. The van der Waals surface area contributed by atoms with Gasteiger partial charge in [0.2, 0.25) is 0 Å². The van der Waals surface area contributed by atoms with E-state index in [4.69, 9.17) is 5.73 Å². The Labute approximate surface area is 139 Å². The zero-order valence-electron chi connectivity index (χ0n) is 14.3. The molecule has 1 aromatic rings. The van der Waals surface area contributed by atoms with Gasteiger partial charge >= 0.3 is 6.03 Å². The summed E-state index contributed by atoms with van der Waals surface area (Å²) < 4.78 is 0. The average Bonchev–Trinajstić information content (AvgIpc) is 3.02. The van der Waals surface area contributed by atoms with Crippen LogP contribution in [0.4, 0.5) is 4.79 Å². The van der Waals surface area contributed by atoms with Crippen LogP contribution in [0.15, 0.2) is 24.3 Å². The van der Waals surface area contributed by atoms with Gasteiger partial charge in [0.25, 0.3) is 0 Å². The summed E-state index contributed by atoms with van der Waals surface area (Å²) in [7, 11) is 1.96. The van der Waals surface area contributed by atoms with Gasteiger partial charge in [-0.1, -0.05) is 37.1 Å². The summed E-state index contributed by atoms with van der Waals surface area (Å²) in [4.78, 5) is 16.8. The van der Waals surface area contributed by atoms with Crippen molar-refractivity contribution >= 4 is 6.03 Å². The Morgan fingerprint density at radius 2 is 1.96 bits per heavy atom. The summed E-state index contributed by atoms with van der Waals surface area (Å²) in [6.45, 7) is 3.13. The third-order valence-corrected chi connectivity index (χ3v) is 5.64. The molecule has 0 radical (unpaired) electrons. The van der Waals surface area contributed by atoms with Crippen molar-refractivity contribution < 1.29 is 4.79 Å².